The van der Waals surface area contributed by atoms with E-state index in [0.717, 1.165) is 70.6 Å². The number of allylic oxidation sites excluding steroid dienone is 7. The van der Waals surface area contributed by atoms with E-state index in [1.807, 2.05) is 6.08 Å². The van der Waals surface area contributed by atoms with Gasteiger partial charge < -0.3 is 89.9 Å². The van der Waals surface area contributed by atoms with Crippen molar-refractivity contribution in [2.75, 3.05) is 26.4 Å². The number of aliphatic hydroxyl groups excluding tert-OH is 11. The summed E-state index contributed by atoms with van der Waals surface area (Å²) in [6.07, 6.45) is 9.79. The summed E-state index contributed by atoms with van der Waals surface area (Å²) in [5.41, 5.74) is 0. The lowest BCUT2D eigenvalue weighted by atomic mass is 9.96. The highest BCUT2D eigenvalue weighted by Crippen LogP contribution is 2.33. The monoisotopic (exact) mass is 1020 g/mol. The number of hydrogen-bond acceptors (Lipinski definition) is 18. The minimum absolute atomic E-state index is 0.220. The molecule has 3 heterocycles. The number of unbranched alkanes of at least 4 members (excludes halogenated alkanes) is 14. The van der Waals surface area contributed by atoms with Crippen molar-refractivity contribution in [1.29, 1.82) is 0 Å². The molecule has 12 N–H and O–H groups in total. The van der Waals surface area contributed by atoms with Gasteiger partial charge in [0.2, 0.25) is 5.91 Å². The van der Waals surface area contributed by atoms with Crippen LogP contribution in [0.5, 0.6) is 0 Å². The smallest absolute Gasteiger partial charge is 0.220 e. The van der Waals surface area contributed by atoms with Crippen molar-refractivity contribution < 1.29 is 89.4 Å². The molecule has 71 heavy (non-hydrogen) atoms. The molecular weight excluding hydrogens is 927 g/mol. The lowest BCUT2D eigenvalue weighted by Gasteiger charge is -2.48. The molecule has 19 heteroatoms. The predicted octanol–water partition coefficient (Wildman–Crippen LogP) is 2.36. The minimum Gasteiger partial charge on any atom is -0.394 e. The Hall–Kier alpha value is -2.25. The largest absolute Gasteiger partial charge is 0.394 e. The van der Waals surface area contributed by atoms with Gasteiger partial charge in [0, 0.05) is 6.42 Å². The molecular formula is C52H91NO18. The van der Waals surface area contributed by atoms with Gasteiger partial charge in [-0.3, -0.25) is 4.79 Å². The van der Waals surface area contributed by atoms with Crippen LogP contribution in [0, 0.1) is 0 Å². The zero-order valence-corrected chi connectivity index (χ0v) is 42.2. The van der Waals surface area contributed by atoms with Crippen LogP contribution in [0.3, 0.4) is 0 Å². The number of carbonyl (C=O) groups is 1. The number of ether oxygens (including phenoxy) is 6. The summed E-state index contributed by atoms with van der Waals surface area (Å²) in [5.74, 6) is -0.304. The second kappa shape index (κ2) is 36.7. The van der Waals surface area contributed by atoms with E-state index in [-0.39, 0.29) is 18.9 Å². The molecule has 0 aliphatic carbocycles. The molecule has 19 nitrogen and oxygen atoms in total. The van der Waals surface area contributed by atoms with Crippen LogP contribution in [0.25, 0.3) is 0 Å². The van der Waals surface area contributed by atoms with Crippen molar-refractivity contribution in [2.24, 2.45) is 0 Å². The fourth-order valence-corrected chi connectivity index (χ4v) is 8.63. The van der Waals surface area contributed by atoms with Gasteiger partial charge in [-0.1, -0.05) is 120 Å². The first kappa shape index (κ1) is 63.0. The Morgan fingerprint density at radius 1 is 0.493 bits per heavy atom. The van der Waals surface area contributed by atoms with E-state index in [1.54, 1.807) is 6.08 Å². The van der Waals surface area contributed by atoms with Gasteiger partial charge >= 0.3 is 0 Å². The maximum Gasteiger partial charge on any atom is 0.220 e. The van der Waals surface area contributed by atoms with E-state index in [1.165, 1.54) is 38.5 Å². The van der Waals surface area contributed by atoms with Crippen LogP contribution in [0.2, 0.25) is 0 Å². The zero-order chi connectivity index (χ0) is 52.0. The topological polar surface area (TPSA) is 307 Å². The average Bonchev–Trinajstić information content (AvgIpc) is 3.36. The molecule has 3 saturated heterocycles. The van der Waals surface area contributed by atoms with E-state index in [4.69, 9.17) is 28.4 Å². The Bertz CT molecular complexity index is 1500. The number of nitrogens with one attached hydrogen (secondary N) is 1. The van der Waals surface area contributed by atoms with Gasteiger partial charge in [-0.2, -0.15) is 0 Å². The molecule has 0 aromatic rings. The lowest BCUT2D eigenvalue weighted by molar-refractivity contribution is -0.379. The van der Waals surface area contributed by atoms with Crippen LogP contribution in [0.15, 0.2) is 48.6 Å². The van der Waals surface area contributed by atoms with Crippen LogP contribution < -0.4 is 5.32 Å². The molecule has 17 atom stereocenters. The maximum atomic E-state index is 13.2. The summed E-state index contributed by atoms with van der Waals surface area (Å²) >= 11 is 0. The number of amides is 1. The van der Waals surface area contributed by atoms with Gasteiger partial charge in [-0.25, -0.2) is 0 Å². The van der Waals surface area contributed by atoms with Crippen LogP contribution in [0.4, 0.5) is 0 Å². The standard InChI is InChI=1S/C52H91NO18/c1-3-5-7-9-11-13-15-16-17-18-20-22-24-26-28-30-40(58)53-35(36(57)29-27-25-23-21-19-14-12-10-8-6-4-2)34-66-50-46(64)43(61)48(38(32-55)68-50)71-52-47(65)44(62)49(39(33-56)69-52)70-51-45(63)42(60)41(59)37(31-54)67-51/h8,10,16-17,19,21,27,29,35-39,41-52,54-57,59-65H,3-7,9,11-15,18,20,22-26,28,30-34H2,1-2H3,(H,53,58)/b10-8+,17-16-,21-19+,29-27+. The van der Waals surface area contributed by atoms with Crippen LogP contribution in [-0.4, -0.2) is 193 Å². The molecule has 0 saturated carbocycles. The SMILES string of the molecule is CCC/C=C/CC/C=C/CC/C=C/C(O)C(COC1OC(CO)C(OC2OC(CO)C(OC3OC(CO)C(O)C(O)C3O)C(O)C2O)C(O)C1O)NC(=O)CCCCCCC/C=C\CCCCCCCC. The normalized spacial score (nSPS) is 32.7. The first-order valence-electron chi connectivity index (χ1n) is 26.4. The van der Waals surface area contributed by atoms with Crippen molar-refractivity contribution >= 4 is 5.91 Å². The summed E-state index contributed by atoms with van der Waals surface area (Å²) in [5, 5.41) is 120. The summed E-state index contributed by atoms with van der Waals surface area (Å²) in [4.78, 5) is 13.2. The molecule has 0 aromatic heterocycles. The molecule has 3 aliphatic heterocycles. The summed E-state index contributed by atoms with van der Waals surface area (Å²) in [6, 6.07) is -0.998. The Morgan fingerprint density at radius 3 is 1.46 bits per heavy atom. The summed E-state index contributed by atoms with van der Waals surface area (Å²) in [7, 11) is 0. The van der Waals surface area contributed by atoms with Crippen LogP contribution >= 0.6 is 0 Å². The lowest BCUT2D eigenvalue weighted by Crippen LogP contribution is -2.66. The second-order valence-corrected chi connectivity index (χ2v) is 19.0. The van der Waals surface area contributed by atoms with Crippen LogP contribution in [0.1, 0.15) is 142 Å². The number of hydrogen-bond donors (Lipinski definition) is 12. The quantitative estimate of drug-likeness (QED) is 0.0317. The third kappa shape index (κ3) is 22.2. The molecule has 0 radical (unpaired) electrons. The Labute approximate surface area is 421 Å². The highest BCUT2D eigenvalue weighted by molar-refractivity contribution is 5.76. The molecule has 0 bridgehead atoms. The number of rotatable bonds is 36. The Balaban J connectivity index is 1.56. The highest BCUT2D eigenvalue weighted by Gasteiger charge is 2.53. The van der Waals surface area contributed by atoms with Gasteiger partial charge in [0.15, 0.2) is 18.9 Å². The fraction of sp³-hybridized carbons (Fsp3) is 0.827. The average molecular weight is 1020 g/mol. The van der Waals surface area contributed by atoms with Gasteiger partial charge in [-0.15, -0.1) is 0 Å². The molecule has 0 spiro atoms. The van der Waals surface area contributed by atoms with Crippen molar-refractivity contribution in [3.8, 4) is 0 Å². The van der Waals surface area contributed by atoms with Crippen LogP contribution in [-0.2, 0) is 33.2 Å². The van der Waals surface area contributed by atoms with E-state index in [2.05, 4.69) is 55.6 Å². The van der Waals surface area contributed by atoms with E-state index in [0.29, 0.717) is 12.8 Å². The molecule has 3 aliphatic rings. The first-order valence-corrected chi connectivity index (χ1v) is 26.4. The molecule has 3 rings (SSSR count). The third-order valence-electron chi connectivity index (χ3n) is 13.1. The fourth-order valence-electron chi connectivity index (χ4n) is 8.63. The molecule has 17 unspecified atom stereocenters. The van der Waals surface area contributed by atoms with Crippen molar-refractivity contribution in [2.45, 2.75) is 247 Å². The summed E-state index contributed by atoms with van der Waals surface area (Å²) < 4.78 is 34.1. The van der Waals surface area contributed by atoms with Gasteiger partial charge in [0.25, 0.3) is 0 Å². The van der Waals surface area contributed by atoms with Crippen molar-refractivity contribution in [3.05, 3.63) is 48.6 Å². The van der Waals surface area contributed by atoms with Gasteiger partial charge in [0.05, 0.1) is 38.6 Å². The van der Waals surface area contributed by atoms with Gasteiger partial charge in [-0.05, 0) is 64.2 Å². The molecule has 3 fully saturated rings. The second-order valence-electron chi connectivity index (χ2n) is 19.0. The predicted molar refractivity (Wildman–Crippen MR) is 263 cm³/mol. The minimum atomic E-state index is -1.98. The van der Waals surface area contributed by atoms with E-state index in [9.17, 15) is 61.0 Å². The highest BCUT2D eigenvalue weighted by atomic mass is 16.8. The molecule has 0 aromatic carbocycles. The zero-order valence-electron chi connectivity index (χ0n) is 42.2. The first-order chi connectivity index (χ1) is 34.3. The van der Waals surface area contributed by atoms with E-state index < -0.39 is 124 Å². The van der Waals surface area contributed by atoms with E-state index >= 15 is 0 Å². The maximum absolute atomic E-state index is 13.2. The molecule has 1 amide bonds. The Kier molecular flexibility index (Phi) is 32.5. The Morgan fingerprint density at radius 2 is 0.930 bits per heavy atom. The van der Waals surface area contributed by atoms with Crippen molar-refractivity contribution in [3.63, 3.8) is 0 Å². The molecule has 412 valence electrons. The number of aliphatic hydroxyl groups is 11. The summed E-state index contributed by atoms with van der Waals surface area (Å²) in [6.45, 7) is 1.56. The van der Waals surface area contributed by atoms with Gasteiger partial charge in [0.1, 0.15) is 73.2 Å². The number of carbonyl (C=O) groups excluding carboxylic acids is 1. The van der Waals surface area contributed by atoms with Crippen molar-refractivity contribution in [1.82, 2.24) is 5.32 Å². The third-order valence-corrected chi connectivity index (χ3v) is 13.1.